The highest BCUT2D eigenvalue weighted by Crippen LogP contribution is 2.39. The van der Waals surface area contributed by atoms with Gasteiger partial charge >= 0.3 is 0 Å². The van der Waals surface area contributed by atoms with Gasteiger partial charge < -0.3 is 15.2 Å². The number of piperidine rings is 1. The lowest BCUT2D eigenvalue weighted by molar-refractivity contribution is -0.119. The number of halogens is 1. The summed E-state index contributed by atoms with van der Waals surface area (Å²) in [5.74, 6) is 1.81. The summed E-state index contributed by atoms with van der Waals surface area (Å²) < 4.78 is 12.9. The van der Waals surface area contributed by atoms with Crippen LogP contribution in [-0.2, 0) is 4.79 Å². The van der Waals surface area contributed by atoms with Crippen molar-refractivity contribution in [3.8, 4) is 16.7 Å². The number of hydrogen-bond donors (Lipinski definition) is 1. The van der Waals surface area contributed by atoms with Crippen LogP contribution in [0.5, 0.6) is 16.7 Å². The van der Waals surface area contributed by atoms with Gasteiger partial charge in [-0.2, -0.15) is 0 Å². The maximum Gasteiger partial charge on any atom is 0.279 e. The fourth-order valence-corrected chi connectivity index (χ4v) is 6.21. The molecule has 2 saturated heterocycles. The van der Waals surface area contributed by atoms with Crippen LogP contribution >= 0.6 is 22.9 Å². The van der Waals surface area contributed by atoms with Gasteiger partial charge in [-0.3, -0.25) is 9.69 Å². The molecular weight excluding hydrogens is 446 g/mol. The van der Waals surface area contributed by atoms with E-state index in [1.165, 1.54) is 24.2 Å². The molecule has 168 valence electrons. The Kier molecular flexibility index (Phi) is 6.22. The molecule has 1 aromatic heterocycles. The fraction of sp³-hybridized carbons (Fsp3) is 0.417. The molecule has 2 bridgehead atoms. The van der Waals surface area contributed by atoms with E-state index >= 15 is 0 Å². The highest BCUT2D eigenvalue weighted by molar-refractivity contribution is 7.20. The van der Waals surface area contributed by atoms with Gasteiger partial charge in [-0.05, 0) is 74.1 Å². The van der Waals surface area contributed by atoms with Crippen LogP contribution in [-0.4, -0.2) is 41.0 Å². The smallest absolute Gasteiger partial charge is 0.279 e. The number of carbonyl (C=O) groups is 1. The van der Waals surface area contributed by atoms with Gasteiger partial charge in [0.15, 0.2) is 0 Å². The number of amides is 1. The molecular formula is C24H26ClN3O3S. The topological polar surface area (TPSA) is 77.7 Å². The predicted octanol–water partition coefficient (Wildman–Crippen LogP) is 5.24. The Morgan fingerprint density at radius 1 is 1.12 bits per heavy atom. The summed E-state index contributed by atoms with van der Waals surface area (Å²) in [6.45, 7) is 1.55. The van der Waals surface area contributed by atoms with Gasteiger partial charge in [-0.1, -0.05) is 22.9 Å². The lowest BCUT2D eigenvalue weighted by Crippen LogP contribution is -2.45. The second kappa shape index (κ2) is 9.25. The number of hydrogen-bond acceptors (Lipinski definition) is 6. The van der Waals surface area contributed by atoms with E-state index in [1.807, 2.05) is 42.5 Å². The molecule has 2 aliphatic rings. The molecule has 0 spiro atoms. The largest absolute Gasteiger partial charge is 0.492 e. The quantitative estimate of drug-likeness (QED) is 0.486. The van der Waals surface area contributed by atoms with Crippen LogP contribution in [0, 0.1) is 5.92 Å². The number of ether oxygens (including phenoxy) is 2. The average molecular weight is 472 g/mol. The molecule has 1 amide bonds. The van der Waals surface area contributed by atoms with Crippen molar-refractivity contribution >= 4 is 39.1 Å². The molecule has 8 heteroatoms. The van der Waals surface area contributed by atoms with E-state index in [2.05, 4.69) is 9.88 Å². The number of primary amides is 1. The first-order valence-corrected chi connectivity index (χ1v) is 12.2. The maximum absolute atomic E-state index is 11.3. The van der Waals surface area contributed by atoms with Crippen LogP contribution in [0.4, 0.5) is 0 Å². The van der Waals surface area contributed by atoms with Crippen LogP contribution in [0.15, 0.2) is 42.5 Å². The van der Waals surface area contributed by atoms with Gasteiger partial charge in [0.25, 0.3) is 5.19 Å². The molecule has 6 nitrogen and oxygen atoms in total. The van der Waals surface area contributed by atoms with E-state index in [9.17, 15) is 4.79 Å². The average Bonchev–Trinajstić information content (AvgIpc) is 3.25. The first kappa shape index (κ1) is 21.5. The summed E-state index contributed by atoms with van der Waals surface area (Å²) in [7, 11) is 0. The summed E-state index contributed by atoms with van der Waals surface area (Å²) in [5.41, 5.74) is 6.28. The number of aromatic nitrogens is 1. The van der Waals surface area contributed by atoms with Gasteiger partial charge in [0.05, 0.1) is 10.2 Å². The second-order valence-corrected chi connectivity index (χ2v) is 10.1. The highest BCUT2D eigenvalue weighted by Gasteiger charge is 2.40. The van der Waals surface area contributed by atoms with Crippen LogP contribution in [0.1, 0.15) is 32.1 Å². The van der Waals surface area contributed by atoms with Gasteiger partial charge in [0.1, 0.15) is 18.1 Å². The molecule has 2 aliphatic heterocycles. The van der Waals surface area contributed by atoms with Gasteiger partial charge in [0, 0.05) is 30.1 Å². The van der Waals surface area contributed by atoms with Crippen molar-refractivity contribution in [1.82, 2.24) is 9.88 Å². The summed E-state index contributed by atoms with van der Waals surface area (Å²) in [6.07, 6.45) is 5.09. The molecule has 2 N–H and O–H groups in total. The zero-order valence-electron chi connectivity index (χ0n) is 17.7. The van der Waals surface area contributed by atoms with Crippen LogP contribution in [0.25, 0.3) is 10.2 Å². The molecule has 0 saturated carbocycles. The number of benzene rings is 2. The molecule has 3 aromatic rings. The normalized spacial score (nSPS) is 22.8. The number of nitrogens with zero attached hydrogens (tertiary/aromatic N) is 2. The van der Waals surface area contributed by atoms with Crippen molar-refractivity contribution in [3.63, 3.8) is 0 Å². The van der Waals surface area contributed by atoms with E-state index in [1.54, 1.807) is 0 Å². The van der Waals surface area contributed by atoms with Gasteiger partial charge in [-0.25, -0.2) is 4.98 Å². The van der Waals surface area contributed by atoms with Crippen molar-refractivity contribution < 1.29 is 14.3 Å². The fourth-order valence-electron chi connectivity index (χ4n) is 5.10. The van der Waals surface area contributed by atoms with Crippen LogP contribution in [0.2, 0.25) is 5.02 Å². The van der Waals surface area contributed by atoms with E-state index in [0.717, 1.165) is 41.1 Å². The van der Waals surface area contributed by atoms with Crippen molar-refractivity contribution in [2.75, 3.05) is 13.2 Å². The molecule has 2 fully saturated rings. The molecule has 5 rings (SSSR count). The standard InChI is InChI=1S/C24H26ClN3O3S/c25-16-1-8-21-22(14-16)32-24(27-21)31-20-6-4-19(5-7-20)30-10-9-28-17-2-3-18(28)12-15(11-17)13-23(26)29/h1,4-8,14-15,17-18H,2-3,9-13H2,(H2,26,29)/t15?,17-,18+. The number of nitrogens with two attached hydrogens (primary N) is 1. The minimum atomic E-state index is -0.175. The Hall–Kier alpha value is -2.35. The van der Waals surface area contributed by atoms with Gasteiger partial charge in [-0.15, -0.1) is 0 Å². The van der Waals surface area contributed by atoms with Crippen molar-refractivity contribution in [2.24, 2.45) is 11.7 Å². The Morgan fingerprint density at radius 2 is 1.84 bits per heavy atom. The second-order valence-electron chi connectivity index (χ2n) is 8.64. The Balaban J connectivity index is 1.12. The molecule has 3 heterocycles. The lowest BCUT2D eigenvalue weighted by Gasteiger charge is -2.38. The minimum Gasteiger partial charge on any atom is -0.492 e. The number of fused-ring (bicyclic) bond motifs is 3. The Bertz CT molecular complexity index is 1090. The van der Waals surface area contributed by atoms with Crippen molar-refractivity contribution in [1.29, 1.82) is 0 Å². The monoisotopic (exact) mass is 471 g/mol. The lowest BCUT2D eigenvalue weighted by atomic mass is 9.88. The van der Waals surface area contributed by atoms with Crippen molar-refractivity contribution in [3.05, 3.63) is 47.5 Å². The molecule has 0 aliphatic carbocycles. The van der Waals surface area contributed by atoms with Crippen molar-refractivity contribution in [2.45, 2.75) is 44.2 Å². The maximum atomic E-state index is 11.3. The Morgan fingerprint density at radius 3 is 2.56 bits per heavy atom. The number of carbonyl (C=O) groups excluding carboxylic acids is 1. The summed E-state index contributed by atoms with van der Waals surface area (Å²) in [4.78, 5) is 18.3. The zero-order chi connectivity index (χ0) is 22.1. The number of thiazole rings is 1. The van der Waals surface area contributed by atoms with E-state index in [-0.39, 0.29) is 5.91 Å². The van der Waals surface area contributed by atoms with Crippen LogP contribution < -0.4 is 15.2 Å². The van der Waals surface area contributed by atoms with E-state index < -0.39 is 0 Å². The first-order valence-electron chi connectivity index (χ1n) is 11.0. The minimum absolute atomic E-state index is 0.175. The molecule has 32 heavy (non-hydrogen) atoms. The third-order valence-corrected chi connectivity index (χ3v) is 7.58. The Labute approximate surface area is 196 Å². The molecule has 1 unspecified atom stereocenters. The SMILES string of the molecule is NC(=O)CC1C[C@H]2CC[C@@H](C1)N2CCOc1ccc(Oc2nc3ccc(Cl)cc3s2)cc1. The summed E-state index contributed by atoms with van der Waals surface area (Å²) >= 11 is 7.51. The number of rotatable bonds is 8. The third kappa shape index (κ3) is 4.85. The predicted molar refractivity (Wildman–Crippen MR) is 127 cm³/mol. The summed E-state index contributed by atoms with van der Waals surface area (Å²) in [6, 6.07) is 14.4. The highest BCUT2D eigenvalue weighted by atomic mass is 35.5. The third-order valence-electron chi connectivity index (χ3n) is 6.45. The molecule has 3 atom stereocenters. The first-order chi connectivity index (χ1) is 15.5. The molecule has 0 radical (unpaired) electrons. The van der Waals surface area contributed by atoms with E-state index in [0.29, 0.717) is 41.2 Å². The summed E-state index contributed by atoms with van der Waals surface area (Å²) in [5, 5.41) is 1.28. The zero-order valence-corrected chi connectivity index (χ0v) is 19.3. The van der Waals surface area contributed by atoms with E-state index in [4.69, 9.17) is 26.8 Å². The van der Waals surface area contributed by atoms with Gasteiger partial charge in [0.2, 0.25) is 5.91 Å². The van der Waals surface area contributed by atoms with Crippen LogP contribution in [0.3, 0.4) is 0 Å². The molecule has 2 aromatic carbocycles.